The minimum Gasteiger partial charge on any atom is -0.489 e. The van der Waals surface area contributed by atoms with Gasteiger partial charge in [0.15, 0.2) is 6.61 Å². The van der Waals surface area contributed by atoms with Crippen LogP contribution in [0.2, 0.25) is 0 Å². The topological polar surface area (TPSA) is 47.6 Å². The predicted molar refractivity (Wildman–Crippen MR) is 92.1 cm³/mol. The molecule has 2 rings (SSSR count). The first-order valence-electron chi connectivity index (χ1n) is 7.56. The summed E-state index contributed by atoms with van der Waals surface area (Å²) in [5.74, 6) is 1.16. The van der Waals surface area contributed by atoms with Gasteiger partial charge in [-0.25, -0.2) is 0 Å². The van der Waals surface area contributed by atoms with E-state index in [1.807, 2.05) is 36.4 Å². The van der Waals surface area contributed by atoms with Crippen molar-refractivity contribution in [3.63, 3.8) is 0 Å². The van der Waals surface area contributed by atoms with E-state index in [1.54, 1.807) is 18.2 Å². The van der Waals surface area contributed by atoms with Crippen molar-refractivity contribution in [1.82, 2.24) is 0 Å². The first-order chi connectivity index (χ1) is 11.2. The number of benzene rings is 2. The lowest BCUT2D eigenvalue weighted by molar-refractivity contribution is -0.118. The zero-order valence-electron chi connectivity index (χ0n) is 13.2. The Bertz CT molecular complexity index is 667. The highest BCUT2D eigenvalue weighted by Gasteiger charge is 2.05. The van der Waals surface area contributed by atoms with Gasteiger partial charge in [0.1, 0.15) is 18.1 Å². The van der Waals surface area contributed by atoms with E-state index in [9.17, 15) is 4.79 Å². The molecule has 120 valence electrons. The van der Waals surface area contributed by atoms with Crippen LogP contribution in [-0.2, 0) is 11.2 Å². The molecule has 0 fully saturated rings. The van der Waals surface area contributed by atoms with Crippen LogP contribution < -0.4 is 14.8 Å². The standard InChI is InChI=1S/C19H21NO3/c1-3-11-22-18-10-6-8-16(13-18)20-19(21)14-23-17-9-5-7-15(4-2)12-17/h3,5-10,12-13H,1,4,11,14H2,2H3,(H,20,21). The molecule has 0 unspecified atom stereocenters. The molecule has 4 heteroatoms. The molecule has 0 aliphatic heterocycles. The maximum atomic E-state index is 12.0. The molecule has 0 atom stereocenters. The Kier molecular flexibility index (Phi) is 6.24. The highest BCUT2D eigenvalue weighted by molar-refractivity contribution is 5.92. The zero-order valence-corrected chi connectivity index (χ0v) is 13.2. The van der Waals surface area contributed by atoms with Crippen molar-refractivity contribution in [3.8, 4) is 11.5 Å². The van der Waals surface area contributed by atoms with Crippen molar-refractivity contribution in [1.29, 1.82) is 0 Å². The van der Waals surface area contributed by atoms with Crippen LogP contribution in [0.5, 0.6) is 11.5 Å². The molecule has 0 saturated heterocycles. The number of amides is 1. The summed E-state index contributed by atoms with van der Waals surface area (Å²) in [5, 5.41) is 2.79. The SMILES string of the molecule is C=CCOc1cccc(NC(=O)COc2cccc(CC)c2)c1. The van der Waals surface area contributed by atoms with Crippen LogP contribution in [0, 0.1) is 0 Å². The highest BCUT2D eigenvalue weighted by Crippen LogP contribution is 2.18. The fourth-order valence-electron chi connectivity index (χ4n) is 2.02. The number of carbonyl (C=O) groups is 1. The third kappa shape index (κ3) is 5.51. The van der Waals surface area contributed by atoms with Gasteiger partial charge >= 0.3 is 0 Å². The molecule has 0 aliphatic rings. The largest absolute Gasteiger partial charge is 0.489 e. The second kappa shape index (κ2) is 8.63. The highest BCUT2D eigenvalue weighted by atomic mass is 16.5. The van der Waals surface area contributed by atoms with E-state index in [-0.39, 0.29) is 12.5 Å². The van der Waals surface area contributed by atoms with Crippen LogP contribution in [-0.4, -0.2) is 19.1 Å². The molecule has 0 spiro atoms. The molecular formula is C19H21NO3. The summed E-state index contributed by atoms with van der Waals surface area (Å²) >= 11 is 0. The monoisotopic (exact) mass is 311 g/mol. The minimum absolute atomic E-state index is 0.0368. The summed E-state index contributed by atoms with van der Waals surface area (Å²) in [6.45, 7) is 6.07. The average Bonchev–Trinajstić information content (AvgIpc) is 2.58. The van der Waals surface area contributed by atoms with E-state index < -0.39 is 0 Å². The molecular weight excluding hydrogens is 290 g/mol. The number of aryl methyl sites for hydroxylation is 1. The number of carbonyl (C=O) groups excluding carboxylic acids is 1. The van der Waals surface area contributed by atoms with Crippen LogP contribution in [0.4, 0.5) is 5.69 Å². The fraction of sp³-hybridized carbons (Fsp3) is 0.211. The Morgan fingerprint density at radius 2 is 1.87 bits per heavy atom. The van der Waals surface area contributed by atoms with Crippen molar-refractivity contribution < 1.29 is 14.3 Å². The van der Waals surface area contributed by atoms with Crippen LogP contribution >= 0.6 is 0 Å². The molecule has 0 heterocycles. The molecule has 1 amide bonds. The lowest BCUT2D eigenvalue weighted by Gasteiger charge is -2.10. The maximum absolute atomic E-state index is 12.0. The molecule has 2 aromatic rings. The van der Waals surface area contributed by atoms with Gasteiger partial charge in [0.05, 0.1) is 0 Å². The van der Waals surface area contributed by atoms with E-state index in [4.69, 9.17) is 9.47 Å². The Balaban J connectivity index is 1.87. The van der Waals surface area contributed by atoms with Gasteiger partial charge in [0.2, 0.25) is 0 Å². The number of hydrogen-bond acceptors (Lipinski definition) is 3. The molecule has 4 nitrogen and oxygen atoms in total. The van der Waals surface area contributed by atoms with Crippen LogP contribution in [0.15, 0.2) is 61.2 Å². The van der Waals surface area contributed by atoms with Gasteiger partial charge < -0.3 is 14.8 Å². The second-order valence-corrected chi connectivity index (χ2v) is 4.97. The molecule has 23 heavy (non-hydrogen) atoms. The predicted octanol–water partition coefficient (Wildman–Crippen LogP) is 3.83. The third-order valence-electron chi connectivity index (χ3n) is 3.16. The van der Waals surface area contributed by atoms with E-state index in [1.165, 1.54) is 5.56 Å². The van der Waals surface area contributed by atoms with Gasteiger partial charge in [0, 0.05) is 11.8 Å². The molecule has 0 radical (unpaired) electrons. The van der Waals surface area contributed by atoms with Crippen LogP contribution in [0.25, 0.3) is 0 Å². The van der Waals surface area contributed by atoms with Crippen molar-refractivity contribution in [2.75, 3.05) is 18.5 Å². The maximum Gasteiger partial charge on any atom is 0.262 e. The summed E-state index contributed by atoms with van der Waals surface area (Å²) in [6, 6.07) is 14.9. The molecule has 0 bridgehead atoms. The lowest BCUT2D eigenvalue weighted by atomic mass is 10.2. The molecule has 0 aromatic heterocycles. The summed E-state index contributed by atoms with van der Waals surface area (Å²) in [4.78, 5) is 12.0. The number of rotatable bonds is 8. The third-order valence-corrected chi connectivity index (χ3v) is 3.16. The van der Waals surface area contributed by atoms with E-state index in [0.717, 1.165) is 6.42 Å². The Hall–Kier alpha value is -2.75. The summed E-state index contributed by atoms with van der Waals surface area (Å²) in [5.41, 5.74) is 1.84. The van der Waals surface area contributed by atoms with E-state index >= 15 is 0 Å². The quantitative estimate of drug-likeness (QED) is 0.754. The first kappa shape index (κ1) is 16.6. The Morgan fingerprint density at radius 1 is 1.13 bits per heavy atom. The summed E-state index contributed by atoms with van der Waals surface area (Å²) in [7, 11) is 0. The molecule has 0 saturated carbocycles. The van der Waals surface area contributed by atoms with Gasteiger partial charge in [-0.05, 0) is 36.2 Å². The van der Waals surface area contributed by atoms with Crippen molar-refractivity contribution in [3.05, 3.63) is 66.7 Å². The van der Waals surface area contributed by atoms with Crippen molar-refractivity contribution in [2.24, 2.45) is 0 Å². The Labute approximate surface area is 136 Å². The van der Waals surface area contributed by atoms with Crippen molar-refractivity contribution >= 4 is 11.6 Å². The van der Waals surface area contributed by atoms with Crippen molar-refractivity contribution in [2.45, 2.75) is 13.3 Å². The average molecular weight is 311 g/mol. The first-order valence-corrected chi connectivity index (χ1v) is 7.56. The van der Waals surface area contributed by atoms with Crippen LogP contribution in [0.1, 0.15) is 12.5 Å². The van der Waals surface area contributed by atoms with Gasteiger partial charge in [-0.1, -0.05) is 37.8 Å². The number of nitrogens with one attached hydrogen (secondary N) is 1. The molecule has 1 N–H and O–H groups in total. The molecule has 0 aliphatic carbocycles. The van der Waals surface area contributed by atoms with Gasteiger partial charge in [-0.3, -0.25) is 4.79 Å². The van der Waals surface area contributed by atoms with Gasteiger partial charge in [0.25, 0.3) is 5.91 Å². The van der Waals surface area contributed by atoms with Gasteiger partial charge in [-0.15, -0.1) is 0 Å². The number of anilines is 1. The number of ether oxygens (including phenoxy) is 2. The minimum atomic E-state index is -0.215. The normalized spacial score (nSPS) is 9.96. The number of hydrogen-bond donors (Lipinski definition) is 1. The summed E-state index contributed by atoms with van der Waals surface area (Å²) in [6.07, 6.45) is 2.60. The molecule has 2 aromatic carbocycles. The Morgan fingerprint density at radius 3 is 2.61 bits per heavy atom. The fourth-order valence-corrected chi connectivity index (χ4v) is 2.02. The van der Waals surface area contributed by atoms with E-state index in [2.05, 4.69) is 18.8 Å². The second-order valence-electron chi connectivity index (χ2n) is 4.97. The van der Waals surface area contributed by atoms with Crippen LogP contribution in [0.3, 0.4) is 0 Å². The van der Waals surface area contributed by atoms with E-state index in [0.29, 0.717) is 23.8 Å². The smallest absolute Gasteiger partial charge is 0.262 e. The summed E-state index contributed by atoms with van der Waals surface area (Å²) < 4.78 is 11.0. The zero-order chi connectivity index (χ0) is 16.5. The van der Waals surface area contributed by atoms with Gasteiger partial charge in [-0.2, -0.15) is 0 Å². The lowest BCUT2D eigenvalue weighted by Crippen LogP contribution is -2.20.